The summed E-state index contributed by atoms with van der Waals surface area (Å²) in [6, 6.07) is 17.2. The molecule has 0 aliphatic heterocycles. The summed E-state index contributed by atoms with van der Waals surface area (Å²) >= 11 is 0. The maximum Gasteiger partial charge on any atom is 0.258 e. The van der Waals surface area contributed by atoms with Gasteiger partial charge in [0.2, 0.25) is 5.95 Å². The molecule has 0 aliphatic carbocycles. The summed E-state index contributed by atoms with van der Waals surface area (Å²) in [5.74, 6) is 0.539. The maximum absolute atomic E-state index is 12.9. The molecule has 0 bridgehead atoms. The van der Waals surface area contributed by atoms with E-state index in [2.05, 4.69) is 9.97 Å². The number of rotatable bonds is 4. The molecule has 0 N–H and O–H groups in total. The Labute approximate surface area is 153 Å². The third kappa shape index (κ3) is 3.72. The fourth-order valence-corrected chi connectivity index (χ4v) is 2.71. The number of nitrogens with zero attached hydrogens (tertiary/aromatic N) is 4. The van der Waals surface area contributed by atoms with Crippen LogP contribution in [0.4, 0.5) is 17.3 Å². The lowest BCUT2D eigenvalue weighted by Crippen LogP contribution is -2.26. The van der Waals surface area contributed by atoms with Gasteiger partial charge in [-0.1, -0.05) is 18.2 Å². The third-order valence-electron chi connectivity index (χ3n) is 4.26. The number of carbonyl (C=O) groups is 1. The van der Waals surface area contributed by atoms with Gasteiger partial charge >= 0.3 is 0 Å². The molecule has 0 unspecified atom stereocenters. The first-order valence-corrected chi connectivity index (χ1v) is 8.44. The Kier molecular flexibility index (Phi) is 4.98. The Morgan fingerprint density at radius 3 is 2.38 bits per heavy atom. The summed E-state index contributed by atoms with van der Waals surface area (Å²) in [6.07, 6.45) is 1.73. The molecule has 132 valence electrons. The van der Waals surface area contributed by atoms with Gasteiger partial charge in [0.15, 0.2) is 0 Å². The van der Waals surface area contributed by atoms with Crippen LogP contribution in [-0.2, 0) is 0 Å². The molecule has 0 atom stereocenters. The van der Waals surface area contributed by atoms with Gasteiger partial charge in [-0.15, -0.1) is 0 Å². The first kappa shape index (κ1) is 17.6. The van der Waals surface area contributed by atoms with Gasteiger partial charge in [-0.2, -0.15) is 0 Å². The van der Waals surface area contributed by atoms with Gasteiger partial charge in [-0.05, 0) is 55.8 Å². The van der Waals surface area contributed by atoms with Gasteiger partial charge in [0, 0.05) is 42.9 Å². The van der Waals surface area contributed by atoms with Crippen LogP contribution in [0, 0.1) is 13.8 Å². The molecule has 5 nitrogen and oxygen atoms in total. The third-order valence-corrected chi connectivity index (χ3v) is 4.26. The van der Waals surface area contributed by atoms with Crippen LogP contribution in [0.2, 0.25) is 0 Å². The highest BCUT2D eigenvalue weighted by Gasteiger charge is 2.15. The predicted molar refractivity (Wildman–Crippen MR) is 105 cm³/mol. The van der Waals surface area contributed by atoms with Crippen molar-refractivity contribution >= 4 is 23.2 Å². The van der Waals surface area contributed by atoms with Crippen LogP contribution < -0.4 is 9.80 Å². The van der Waals surface area contributed by atoms with E-state index in [0.29, 0.717) is 11.5 Å². The lowest BCUT2D eigenvalue weighted by molar-refractivity contribution is 0.0993. The highest BCUT2D eigenvalue weighted by Crippen LogP contribution is 2.23. The maximum atomic E-state index is 12.9. The standard InChI is InChI=1S/C21H22N4O/c1-15-7-5-9-18(13-15)24(3)20(26)17-8-6-10-19(14-17)25(4)21-22-12-11-16(2)23-21/h5-14H,1-4H3. The van der Waals surface area contributed by atoms with Crippen LogP contribution in [0.25, 0.3) is 0 Å². The molecule has 5 heteroatoms. The van der Waals surface area contributed by atoms with E-state index in [1.807, 2.05) is 80.4 Å². The summed E-state index contributed by atoms with van der Waals surface area (Å²) in [5, 5.41) is 0. The molecular formula is C21H22N4O. The number of aromatic nitrogens is 2. The Morgan fingerprint density at radius 2 is 1.65 bits per heavy atom. The summed E-state index contributed by atoms with van der Waals surface area (Å²) in [5.41, 5.74) is 4.36. The Morgan fingerprint density at radius 1 is 0.923 bits per heavy atom. The molecule has 0 aliphatic rings. The van der Waals surface area contributed by atoms with Crippen molar-refractivity contribution in [3.8, 4) is 0 Å². The van der Waals surface area contributed by atoms with Crippen LogP contribution in [0.1, 0.15) is 21.6 Å². The summed E-state index contributed by atoms with van der Waals surface area (Å²) in [4.78, 5) is 25.2. The molecule has 3 aromatic rings. The van der Waals surface area contributed by atoms with Gasteiger partial charge < -0.3 is 9.80 Å². The number of anilines is 3. The molecule has 0 saturated heterocycles. The van der Waals surface area contributed by atoms with E-state index in [1.54, 1.807) is 18.1 Å². The highest BCUT2D eigenvalue weighted by atomic mass is 16.2. The topological polar surface area (TPSA) is 49.3 Å². The minimum Gasteiger partial charge on any atom is -0.314 e. The molecule has 3 rings (SSSR count). The Hall–Kier alpha value is -3.21. The molecular weight excluding hydrogens is 324 g/mol. The largest absolute Gasteiger partial charge is 0.314 e. The number of aryl methyl sites for hydroxylation is 2. The van der Waals surface area contributed by atoms with Crippen LogP contribution >= 0.6 is 0 Å². The van der Waals surface area contributed by atoms with Gasteiger partial charge in [0.1, 0.15) is 0 Å². The second-order valence-corrected chi connectivity index (χ2v) is 6.31. The van der Waals surface area contributed by atoms with Crippen LogP contribution in [-0.4, -0.2) is 30.0 Å². The molecule has 0 radical (unpaired) electrons. The van der Waals surface area contributed by atoms with Gasteiger partial charge in [0.25, 0.3) is 5.91 Å². The zero-order valence-electron chi connectivity index (χ0n) is 15.5. The average Bonchev–Trinajstić information content (AvgIpc) is 2.66. The van der Waals surface area contributed by atoms with E-state index in [1.165, 1.54) is 0 Å². The van der Waals surface area contributed by atoms with Crippen molar-refractivity contribution in [3.63, 3.8) is 0 Å². The van der Waals surface area contributed by atoms with Crippen molar-refractivity contribution < 1.29 is 4.79 Å². The summed E-state index contributed by atoms with van der Waals surface area (Å²) in [7, 11) is 3.68. The monoisotopic (exact) mass is 346 g/mol. The molecule has 2 aromatic carbocycles. The smallest absolute Gasteiger partial charge is 0.258 e. The minimum absolute atomic E-state index is 0.0592. The number of carbonyl (C=O) groups excluding carboxylic acids is 1. The molecule has 0 fully saturated rings. The van der Waals surface area contributed by atoms with Crippen molar-refractivity contribution in [2.24, 2.45) is 0 Å². The van der Waals surface area contributed by atoms with E-state index in [0.717, 1.165) is 22.6 Å². The number of benzene rings is 2. The molecule has 1 aromatic heterocycles. The first-order chi connectivity index (χ1) is 12.5. The van der Waals surface area contributed by atoms with Crippen molar-refractivity contribution in [2.45, 2.75) is 13.8 Å². The first-order valence-electron chi connectivity index (χ1n) is 8.44. The molecule has 1 amide bonds. The number of hydrogen-bond donors (Lipinski definition) is 0. The summed E-state index contributed by atoms with van der Waals surface area (Å²) in [6.45, 7) is 3.94. The van der Waals surface area contributed by atoms with Crippen molar-refractivity contribution in [2.75, 3.05) is 23.9 Å². The van der Waals surface area contributed by atoms with Crippen LogP contribution in [0.3, 0.4) is 0 Å². The quantitative estimate of drug-likeness (QED) is 0.712. The van der Waals surface area contributed by atoms with Gasteiger partial charge in [-0.25, -0.2) is 9.97 Å². The van der Waals surface area contributed by atoms with Gasteiger partial charge in [-0.3, -0.25) is 4.79 Å². The summed E-state index contributed by atoms with van der Waals surface area (Å²) < 4.78 is 0. The fourth-order valence-electron chi connectivity index (χ4n) is 2.71. The lowest BCUT2D eigenvalue weighted by atomic mass is 10.1. The van der Waals surface area contributed by atoms with Crippen molar-refractivity contribution in [1.82, 2.24) is 9.97 Å². The van der Waals surface area contributed by atoms with E-state index in [9.17, 15) is 4.79 Å². The van der Waals surface area contributed by atoms with Crippen molar-refractivity contribution in [1.29, 1.82) is 0 Å². The number of amides is 1. The van der Waals surface area contributed by atoms with E-state index >= 15 is 0 Å². The Balaban J connectivity index is 1.88. The molecule has 26 heavy (non-hydrogen) atoms. The van der Waals surface area contributed by atoms with Crippen molar-refractivity contribution in [3.05, 3.63) is 77.6 Å². The number of hydrogen-bond acceptors (Lipinski definition) is 4. The highest BCUT2D eigenvalue weighted by molar-refractivity contribution is 6.06. The van der Waals surface area contributed by atoms with E-state index in [4.69, 9.17) is 0 Å². The lowest BCUT2D eigenvalue weighted by Gasteiger charge is -2.20. The second-order valence-electron chi connectivity index (χ2n) is 6.31. The average molecular weight is 346 g/mol. The molecule has 0 saturated carbocycles. The normalized spacial score (nSPS) is 10.5. The second kappa shape index (κ2) is 7.35. The zero-order valence-corrected chi connectivity index (χ0v) is 15.5. The predicted octanol–water partition coefficient (Wildman–Crippen LogP) is 4.14. The van der Waals surface area contributed by atoms with Gasteiger partial charge in [0.05, 0.1) is 0 Å². The SMILES string of the molecule is Cc1cccc(N(C)C(=O)c2cccc(N(C)c3nccc(C)n3)c2)c1. The zero-order chi connectivity index (χ0) is 18.7. The molecule has 1 heterocycles. The molecule has 0 spiro atoms. The fraction of sp³-hybridized carbons (Fsp3) is 0.190. The van der Waals surface area contributed by atoms with E-state index in [-0.39, 0.29) is 5.91 Å². The van der Waals surface area contributed by atoms with Crippen LogP contribution in [0.5, 0.6) is 0 Å². The van der Waals surface area contributed by atoms with E-state index < -0.39 is 0 Å². The minimum atomic E-state index is -0.0592. The Bertz CT molecular complexity index is 939. The van der Waals surface area contributed by atoms with Crippen LogP contribution in [0.15, 0.2) is 60.8 Å².